The normalized spacial score (nSPS) is 17.8. The van der Waals surface area contributed by atoms with E-state index in [9.17, 15) is 4.39 Å². The topological polar surface area (TPSA) is 36.2 Å². The van der Waals surface area contributed by atoms with Crippen molar-refractivity contribution < 1.29 is 4.39 Å². The maximum atomic E-state index is 14.0. The van der Waals surface area contributed by atoms with Crippen LogP contribution in [0.4, 0.5) is 4.39 Å². The van der Waals surface area contributed by atoms with Gasteiger partial charge in [0.1, 0.15) is 5.83 Å². The van der Waals surface area contributed by atoms with Gasteiger partial charge in [0.25, 0.3) is 0 Å². The maximum Gasteiger partial charge on any atom is 0.133 e. The molecule has 0 atom stereocenters. The number of benzene rings is 1. The maximum absolute atomic E-state index is 14.0. The monoisotopic (exact) mass is 260 g/mol. The summed E-state index contributed by atoms with van der Waals surface area (Å²) >= 11 is 3.72. The van der Waals surface area contributed by atoms with E-state index in [1.54, 1.807) is 0 Å². The summed E-state index contributed by atoms with van der Waals surface area (Å²) in [6, 6.07) is 5.73. The predicted molar refractivity (Wildman–Crippen MR) is 77.2 cm³/mol. The van der Waals surface area contributed by atoms with E-state index in [4.69, 9.17) is 5.41 Å². The van der Waals surface area contributed by atoms with Crippen molar-refractivity contribution in [2.45, 2.75) is 13.8 Å². The minimum Gasteiger partial charge on any atom is -0.299 e. The van der Waals surface area contributed by atoms with Crippen LogP contribution >= 0.6 is 12.8 Å². The van der Waals surface area contributed by atoms with E-state index in [-0.39, 0.29) is 17.3 Å². The molecular formula is C14H13FN2S. The van der Waals surface area contributed by atoms with Crippen LogP contribution in [0.5, 0.6) is 0 Å². The Balaban J connectivity index is 2.49. The first-order valence-corrected chi connectivity index (χ1v) is 5.91. The van der Waals surface area contributed by atoms with Gasteiger partial charge in [0.05, 0.1) is 11.4 Å². The number of hydrogen-bond acceptors (Lipinski definition) is 3. The Labute approximate surface area is 111 Å². The number of nitrogens with one attached hydrogen (secondary N) is 1. The summed E-state index contributed by atoms with van der Waals surface area (Å²) < 4.78 is 17.5. The second-order valence-electron chi connectivity index (χ2n) is 4.25. The quantitative estimate of drug-likeness (QED) is 0.568. The fourth-order valence-electron chi connectivity index (χ4n) is 1.78. The zero-order valence-electron chi connectivity index (χ0n) is 10.2. The summed E-state index contributed by atoms with van der Waals surface area (Å²) in [4.78, 5) is 0. The Morgan fingerprint density at radius 2 is 1.89 bits per heavy atom. The fourth-order valence-corrected chi connectivity index (χ4v) is 1.94. The van der Waals surface area contributed by atoms with Crippen LogP contribution in [0.3, 0.4) is 0 Å². The highest BCUT2D eigenvalue weighted by Crippen LogP contribution is 2.28. The molecule has 2 nitrogen and oxygen atoms in total. The summed E-state index contributed by atoms with van der Waals surface area (Å²) in [5.41, 5.74) is 3.86. The molecule has 18 heavy (non-hydrogen) atoms. The van der Waals surface area contributed by atoms with Crippen molar-refractivity contribution in [3.8, 4) is 0 Å². The molecule has 0 fully saturated rings. The van der Waals surface area contributed by atoms with Gasteiger partial charge in [-0.15, -0.1) is 0 Å². The number of allylic oxidation sites excluding steroid dienone is 4. The lowest BCUT2D eigenvalue weighted by Gasteiger charge is -2.13. The molecule has 0 radical (unpaired) electrons. The van der Waals surface area contributed by atoms with Crippen LogP contribution in [0.25, 0.3) is 5.57 Å². The predicted octanol–water partition coefficient (Wildman–Crippen LogP) is 3.86. The minimum atomic E-state index is -0.387. The summed E-state index contributed by atoms with van der Waals surface area (Å²) in [7, 11) is 0. The van der Waals surface area contributed by atoms with E-state index < -0.39 is 0 Å². The van der Waals surface area contributed by atoms with E-state index in [1.165, 1.54) is 12.2 Å². The van der Waals surface area contributed by atoms with Crippen molar-refractivity contribution in [2.24, 2.45) is 4.40 Å². The highest BCUT2D eigenvalue weighted by atomic mass is 32.1. The van der Waals surface area contributed by atoms with Crippen LogP contribution in [0, 0.1) is 19.3 Å². The van der Waals surface area contributed by atoms with Gasteiger partial charge in [0, 0.05) is 11.6 Å². The van der Waals surface area contributed by atoms with Crippen molar-refractivity contribution in [2.75, 3.05) is 0 Å². The van der Waals surface area contributed by atoms with E-state index in [0.29, 0.717) is 5.57 Å². The average Bonchev–Trinajstić information content (AvgIpc) is 2.35. The molecule has 0 aromatic heterocycles. The van der Waals surface area contributed by atoms with E-state index in [1.807, 2.05) is 32.0 Å². The number of halogens is 1. The number of aryl methyl sites for hydroxylation is 2. The third-order valence-corrected chi connectivity index (χ3v) is 3.23. The molecule has 2 rings (SSSR count). The molecular weight excluding hydrogens is 247 g/mol. The van der Waals surface area contributed by atoms with Gasteiger partial charge in [0.15, 0.2) is 0 Å². The van der Waals surface area contributed by atoms with Crippen LogP contribution in [0.15, 0.2) is 40.6 Å². The van der Waals surface area contributed by atoms with Gasteiger partial charge in [-0.2, -0.15) is 0 Å². The third-order valence-electron chi connectivity index (χ3n) is 3.01. The molecule has 0 aliphatic heterocycles. The standard InChI is InChI=1S/C14H13FN2S/c1-8-3-4-10(5-9(8)2)11-6-13(16)14(17-18)7-12(11)15/h3-7,16,18H,1-2H3/b16-13?,17-14-. The molecule has 1 aromatic rings. The lowest BCUT2D eigenvalue weighted by atomic mass is 9.94. The molecule has 0 unspecified atom stereocenters. The first-order valence-electron chi connectivity index (χ1n) is 5.51. The molecule has 1 aromatic carbocycles. The summed E-state index contributed by atoms with van der Waals surface area (Å²) in [6.45, 7) is 3.99. The average molecular weight is 260 g/mol. The van der Waals surface area contributed by atoms with Gasteiger partial charge in [0.2, 0.25) is 0 Å². The molecule has 0 spiro atoms. The molecule has 0 saturated carbocycles. The van der Waals surface area contributed by atoms with E-state index in [0.717, 1.165) is 16.7 Å². The lowest BCUT2D eigenvalue weighted by Crippen LogP contribution is -2.12. The second kappa shape index (κ2) is 4.90. The molecule has 0 bridgehead atoms. The van der Waals surface area contributed by atoms with Crippen LogP contribution < -0.4 is 0 Å². The smallest absolute Gasteiger partial charge is 0.133 e. The summed E-state index contributed by atoms with van der Waals surface area (Å²) in [5, 5.41) is 7.74. The first-order chi connectivity index (χ1) is 8.52. The van der Waals surface area contributed by atoms with Crippen molar-refractivity contribution in [1.82, 2.24) is 0 Å². The molecule has 1 aliphatic carbocycles. The van der Waals surface area contributed by atoms with E-state index >= 15 is 0 Å². The molecule has 0 amide bonds. The molecule has 1 aliphatic rings. The highest BCUT2D eigenvalue weighted by Gasteiger charge is 2.17. The van der Waals surface area contributed by atoms with Crippen LogP contribution in [-0.4, -0.2) is 11.4 Å². The van der Waals surface area contributed by atoms with Crippen molar-refractivity contribution in [3.63, 3.8) is 0 Å². The molecule has 4 heteroatoms. The summed E-state index contributed by atoms with van der Waals surface area (Å²) in [5.74, 6) is -0.387. The van der Waals surface area contributed by atoms with Gasteiger partial charge in [-0.1, -0.05) is 18.2 Å². The fraction of sp³-hybridized carbons (Fsp3) is 0.143. The minimum absolute atomic E-state index is 0.166. The number of hydrogen-bond donors (Lipinski definition) is 2. The van der Waals surface area contributed by atoms with Crippen LogP contribution in [0.2, 0.25) is 0 Å². The molecule has 0 heterocycles. The summed E-state index contributed by atoms with van der Waals surface area (Å²) in [6.07, 6.45) is 2.72. The van der Waals surface area contributed by atoms with Crippen molar-refractivity contribution in [1.29, 1.82) is 5.41 Å². The Bertz CT molecular complexity index is 612. The van der Waals surface area contributed by atoms with Gasteiger partial charge < -0.3 is 0 Å². The van der Waals surface area contributed by atoms with Crippen molar-refractivity contribution in [3.05, 3.63) is 52.9 Å². The lowest BCUT2D eigenvalue weighted by molar-refractivity contribution is 0.675. The van der Waals surface area contributed by atoms with Gasteiger partial charge in [-0.25, -0.2) is 8.79 Å². The van der Waals surface area contributed by atoms with Crippen molar-refractivity contribution >= 4 is 29.8 Å². The van der Waals surface area contributed by atoms with Gasteiger partial charge in [-0.05, 0) is 49.4 Å². The Kier molecular flexibility index (Phi) is 3.48. The number of thiol groups is 1. The van der Waals surface area contributed by atoms with Gasteiger partial charge in [-0.3, -0.25) is 5.41 Å². The number of rotatable bonds is 1. The third kappa shape index (κ3) is 2.29. The SMILES string of the molecule is Cc1ccc(C2=CC(=N)/C(=N\S)C=C2F)cc1C. The first kappa shape index (κ1) is 12.8. The zero-order chi connectivity index (χ0) is 13.3. The van der Waals surface area contributed by atoms with Crippen LogP contribution in [-0.2, 0) is 0 Å². The Morgan fingerprint density at radius 3 is 2.50 bits per heavy atom. The van der Waals surface area contributed by atoms with Gasteiger partial charge >= 0.3 is 0 Å². The molecule has 1 N–H and O–H groups in total. The van der Waals surface area contributed by atoms with Crippen LogP contribution in [0.1, 0.15) is 16.7 Å². The Hall–Kier alpha value is -1.68. The molecule has 92 valence electrons. The van der Waals surface area contributed by atoms with E-state index in [2.05, 4.69) is 17.2 Å². The highest BCUT2D eigenvalue weighted by molar-refractivity contribution is 7.79. The number of nitrogens with zero attached hydrogens (tertiary/aromatic N) is 1. The Morgan fingerprint density at radius 1 is 1.17 bits per heavy atom. The second-order valence-corrected chi connectivity index (χ2v) is 4.45. The molecule has 0 saturated heterocycles. The zero-order valence-corrected chi connectivity index (χ0v) is 11.1. The largest absolute Gasteiger partial charge is 0.299 e.